The van der Waals surface area contributed by atoms with Crippen LogP contribution in [0.2, 0.25) is 0 Å². The lowest BCUT2D eigenvalue weighted by Crippen LogP contribution is -2.15. The number of benzene rings is 2. The highest BCUT2D eigenvalue weighted by Crippen LogP contribution is 2.25. The summed E-state index contributed by atoms with van der Waals surface area (Å²) in [5.41, 5.74) is 1.27. The Labute approximate surface area is 155 Å². The smallest absolute Gasteiger partial charge is 0.210 e. The molecule has 0 heterocycles. The number of ether oxygens (including phenoxy) is 1. The Bertz CT molecular complexity index is 890. The molecule has 26 heavy (non-hydrogen) atoms. The summed E-state index contributed by atoms with van der Waals surface area (Å²) >= 11 is 0. The summed E-state index contributed by atoms with van der Waals surface area (Å²) in [4.78, 5) is 12.9. The van der Waals surface area contributed by atoms with E-state index in [1.54, 1.807) is 36.4 Å². The molecule has 2 aromatic carbocycles. The van der Waals surface area contributed by atoms with Gasteiger partial charge in [0, 0.05) is 5.56 Å². The van der Waals surface area contributed by atoms with Crippen LogP contribution in [0, 0.1) is 12.8 Å². The normalized spacial score (nSPS) is 12.3. The maximum absolute atomic E-state index is 13.1. The monoisotopic (exact) mass is 372 g/mol. The third-order valence-electron chi connectivity index (χ3n) is 3.97. The van der Waals surface area contributed by atoms with Gasteiger partial charge in [-0.1, -0.05) is 37.6 Å². The van der Waals surface area contributed by atoms with Crippen LogP contribution in [0.15, 0.2) is 64.4 Å². The molecule has 2 aromatic rings. The molecule has 0 fully saturated rings. The Kier molecular flexibility index (Phi) is 6.37. The maximum atomic E-state index is 13.1. The van der Waals surface area contributed by atoms with Crippen LogP contribution in [0.3, 0.4) is 0 Å². The number of allylic oxidation sites excluding steroid dienone is 2. The van der Waals surface area contributed by atoms with E-state index in [0.29, 0.717) is 17.7 Å². The van der Waals surface area contributed by atoms with Gasteiger partial charge in [0.15, 0.2) is 0 Å². The third-order valence-corrected chi connectivity index (χ3v) is 5.80. The summed E-state index contributed by atoms with van der Waals surface area (Å²) in [5.74, 6) is 0.339. The second-order valence-corrected chi connectivity index (χ2v) is 8.49. The minimum absolute atomic E-state index is 0.125. The van der Waals surface area contributed by atoms with Crippen LogP contribution in [0.4, 0.5) is 0 Å². The number of hydrogen-bond donors (Lipinski definition) is 0. The van der Waals surface area contributed by atoms with Crippen LogP contribution in [0.5, 0.6) is 5.75 Å². The molecule has 0 amide bonds. The van der Waals surface area contributed by atoms with Gasteiger partial charge in [-0.25, -0.2) is 8.42 Å². The van der Waals surface area contributed by atoms with E-state index >= 15 is 0 Å². The summed E-state index contributed by atoms with van der Waals surface area (Å²) in [5, 5.41) is 0. The van der Waals surface area contributed by atoms with Crippen LogP contribution < -0.4 is 4.74 Å². The van der Waals surface area contributed by atoms with Gasteiger partial charge < -0.3 is 4.74 Å². The molecule has 2 rings (SSSR count). The fourth-order valence-corrected chi connectivity index (χ4v) is 3.82. The molecule has 0 aliphatic rings. The topological polar surface area (TPSA) is 60.4 Å². The second-order valence-electron chi connectivity index (χ2n) is 6.57. The molecular weight excluding hydrogens is 348 g/mol. The van der Waals surface area contributed by atoms with Crippen LogP contribution in [0.25, 0.3) is 0 Å². The van der Waals surface area contributed by atoms with Gasteiger partial charge in [-0.3, -0.25) is 4.79 Å². The molecule has 0 radical (unpaired) electrons. The molecule has 5 heteroatoms. The lowest BCUT2D eigenvalue weighted by atomic mass is 10.1. The molecule has 0 saturated heterocycles. The van der Waals surface area contributed by atoms with Crippen LogP contribution >= 0.6 is 0 Å². The summed E-state index contributed by atoms with van der Waals surface area (Å²) in [6, 6.07) is 13.0. The SMILES string of the molecule is COc1ccc(C(=O)/C(=C\CC(C)C)S(=O)(=O)c2ccc(C)cc2)cc1. The predicted octanol–water partition coefficient (Wildman–Crippen LogP) is 4.59. The zero-order chi connectivity index (χ0) is 19.3. The fraction of sp³-hybridized carbons (Fsp3) is 0.286. The first kappa shape index (κ1) is 19.9. The summed E-state index contributed by atoms with van der Waals surface area (Å²) in [6.07, 6.45) is 2.04. The van der Waals surface area contributed by atoms with E-state index < -0.39 is 15.6 Å². The van der Waals surface area contributed by atoms with Crippen molar-refractivity contribution in [1.82, 2.24) is 0 Å². The van der Waals surface area contributed by atoms with Crippen molar-refractivity contribution in [2.75, 3.05) is 7.11 Å². The summed E-state index contributed by atoms with van der Waals surface area (Å²) in [6.45, 7) is 5.84. The molecule has 0 N–H and O–H groups in total. The minimum atomic E-state index is -3.90. The molecule has 0 aliphatic carbocycles. The van der Waals surface area contributed by atoms with E-state index in [9.17, 15) is 13.2 Å². The molecule has 0 unspecified atom stereocenters. The number of methoxy groups -OCH3 is 1. The molecule has 0 aliphatic heterocycles. The van der Waals surface area contributed by atoms with E-state index in [1.807, 2.05) is 20.8 Å². The maximum Gasteiger partial charge on any atom is 0.210 e. The van der Waals surface area contributed by atoms with Crippen molar-refractivity contribution >= 4 is 15.6 Å². The molecule has 0 spiro atoms. The summed E-state index contributed by atoms with van der Waals surface area (Å²) < 4.78 is 31.3. The minimum Gasteiger partial charge on any atom is -0.497 e. The third kappa shape index (κ3) is 4.61. The first-order valence-electron chi connectivity index (χ1n) is 8.46. The first-order valence-corrected chi connectivity index (χ1v) is 9.94. The van der Waals surface area contributed by atoms with Gasteiger partial charge in [0.2, 0.25) is 15.6 Å². The average molecular weight is 372 g/mol. The Morgan fingerprint density at radius 3 is 2.12 bits per heavy atom. The van der Waals surface area contributed by atoms with Gasteiger partial charge in [0.1, 0.15) is 10.7 Å². The number of aryl methyl sites for hydroxylation is 1. The second kappa shape index (κ2) is 8.32. The van der Waals surface area contributed by atoms with Gasteiger partial charge in [-0.15, -0.1) is 0 Å². The van der Waals surface area contributed by atoms with Gasteiger partial charge in [0.05, 0.1) is 12.0 Å². The van der Waals surface area contributed by atoms with Crippen molar-refractivity contribution in [1.29, 1.82) is 0 Å². The lowest BCUT2D eigenvalue weighted by molar-refractivity contribution is 0.104. The Hall–Kier alpha value is -2.40. The highest BCUT2D eigenvalue weighted by Gasteiger charge is 2.27. The molecular formula is C21H24O4S. The van der Waals surface area contributed by atoms with Crippen molar-refractivity contribution in [3.05, 3.63) is 70.6 Å². The summed E-state index contributed by atoms with van der Waals surface area (Å²) in [7, 11) is -2.36. The van der Waals surface area contributed by atoms with E-state index in [-0.39, 0.29) is 15.7 Å². The van der Waals surface area contributed by atoms with Crippen molar-refractivity contribution in [2.45, 2.75) is 32.1 Å². The molecule has 138 valence electrons. The standard InChI is InChI=1S/C21H24O4S/c1-15(2)5-14-20(21(22)17-8-10-18(25-4)11-9-17)26(23,24)19-12-6-16(3)7-13-19/h6-15H,5H2,1-4H3/b20-14+. The van der Waals surface area contributed by atoms with Crippen molar-refractivity contribution in [2.24, 2.45) is 5.92 Å². The highest BCUT2D eigenvalue weighted by atomic mass is 32.2. The Balaban J connectivity index is 2.50. The van der Waals surface area contributed by atoms with Gasteiger partial charge >= 0.3 is 0 Å². The predicted molar refractivity (Wildman–Crippen MR) is 103 cm³/mol. The number of hydrogen-bond acceptors (Lipinski definition) is 4. The zero-order valence-electron chi connectivity index (χ0n) is 15.5. The molecule has 0 bridgehead atoms. The molecule has 0 aromatic heterocycles. The van der Waals surface area contributed by atoms with Crippen LogP contribution in [0.1, 0.15) is 36.2 Å². The van der Waals surface area contributed by atoms with Crippen LogP contribution in [-0.4, -0.2) is 21.3 Å². The quantitative estimate of drug-likeness (QED) is 0.527. The average Bonchev–Trinajstić information content (AvgIpc) is 2.61. The first-order chi connectivity index (χ1) is 12.3. The molecule has 4 nitrogen and oxygen atoms in total. The van der Waals surface area contributed by atoms with Gasteiger partial charge in [-0.05, 0) is 55.7 Å². The number of Topliss-reactive ketones (excluding diaryl/α,β-unsaturated/α-hetero) is 1. The number of rotatable bonds is 7. The Morgan fingerprint density at radius 1 is 1.04 bits per heavy atom. The molecule has 0 atom stereocenters. The number of sulfone groups is 1. The lowest BCUT2D eigenvalue weighted by Gasteiger charge is -2.11. The number of ketones is 1. The van der Waals surface area contributed by atoms with Crippen molar-refractivity contribution in [3.63, 3.8) is 0 Å². The van der Waals surface area contributed by atoms with E-state index in [1.165, 1.54) is 25.3 Å². The number of carbonyl (C=O) groups is 1. The van der Waals surface area contributed by atoms with E-state index in [4.69, 9.17) is 4.74 Å². The Morgan fingerprint density at radius 2 is 1.62 bits per heavy atom. The zero-order valence-corrected chi connectivity index (χ0v) is 16.3. The van der Waals surface area contributed by atoms with Crippen molar-refractivity contribution < 1.29 is 17.9 Å². The molecule has 0 saturated carbocycles. The van der Waals surface area contributed by atoms with Crippen molar-refractivity contribution in [3.8, 4) is 5.75 Å². The van der Waals surface area contributed by atoms with E-state index in [0.717, 1.165) is 5.56 Å². The van der Waals surface area contributed by atoms with Crippen LogP contribution in [-0.2, 0) is 9.84 Å². The van der Waals surface area contributed by atoms with Gasteiger partial charge in [0.25, 0.3) is 0 Å². The van der Waals surface area contributed by atoms with Gasteiger partial charge in [-0.2, -0.15) is 0 Å². The van der Waals surface area contributed by atoms with E-state index in [2.05, 4.69) is 0 Å². The highest BCUT2D eigenvalue weighted by molar-refractivity contribution is 7.96. The fourth-order valence-electron chi connectivity index (χ4n) is 2.40. The number of carbonyl (C=O) groups excluding carboxylic acids is 1. The largest absolute Gasteiger partial charge is 0.497 e.